The lowest BCUT2D eigenvalue weighted by molar-refractivity contribution is -0.304. The number of hydrogen-bond donors (Lipinski definition) is 1. The third-order valence-electron chi connectivity index (χ3n) is 4.87. The number of hydrogen-bond acceptors (Lipinski definition) is 7. The molecule has 0 aromatic heterocycles. The summed E-state index contributed by atoms with van der Waals surface area (Å²) in [5.41, 5.74) is 0. The molecule has 0 radical (unpaired) electrons. The van der Waals surface area contributed by atoms with Gasteiger partial charge in [0.25, 0.3) is 5.97 Å². The molecule has 2 heterocycles. The fourth-order valence-electron chi connectivity index (χ4n) is 3.44. The maximum atomic E-state index is 9.95. The van der Waals surface area contributed by atoms with E-state index in [1.807, 2.05) is 20.8 Å². The van der Waals surface area contributed by atoms with Gasteiger partial charge in [-0.1, -0.05) is 20.3 Å². The summed E-state index contributed by atoms with van der Waals surface area (Å²) in [5, 5.41) is 9.95. The van der Waals surface area contributed by atoms with Crippen LogP contribution in [-0.2, 0) is 28.4 Å². The van der Waals surface area contributed by atoms with E-state index in [4.69, 9.17) is 28.4 Å². The van der Waals surface area contributed by atoms with Gasteiger partial charge < -0.3 is 33.5 Å². The van der Waals surface area contributed by atoms with E-state index in [1.165, 1.54) is 6.92 Å². The van der Waals surface area contributed by atoms with Crippen molar-refractivity contribution in [1.29, 1.82) is 0 Å². The van der Waals surface area contributed by atoms with Crippen LogP contribution in [0.25, 0.3) is 0 Å². The minimum absolute atomic E-state index is 0.0250. The Hall–Kier alpha value is -0.280. The smallest absolute Gasteiger partial charge is 0.277 e. The van der Waals surface area contributed by atoms with Gasteiger partial charge in [-0.25, -0.2) is 0 Å². The van der Waals surface area contributed by atoms with Crippen molar-refractivity contribution in [2.45, 2.75) is 77.7 Å². The molecule has 148 valence electrons. The van der Waals surface area contributed by atoms with Crippen LogP contribution in [0.15, 0.2) is 0 Å². The predicted octanol–water partition coefficient (Wildman–Crippen LogP) is 2.26. The average Bonchev–Trinajstić information content (AvgIpc) is 3.07. The molecular formula is C18H34O7. The molecule has 7 heteroatoms. The highest BCUT2D eigenvalue weighted by Gasteiger charge is 2.48. The molecule has 0 saturated carbocycles. The van der Waals surface area contributed by atoms with Crippen molar-refractivity contribution in [2.24, 2.45) is 11.8 Å². The zero-order valence-corrected chi connectivity index (χ0v) is 16.3. The molecule has 6 atom stereocenters. The summed E-state index contributed by atoms with van der Waals surface area (Å²) in [6.07, 6.45) is 1.10. The zero-order valence-electron chi connectivity index (χ0n) is 16.3. The molecule has 4 unspecified atom stereocenters. The molecule has 1 N–H and O–H groups in total. The first kappa shape index (κ1) is 21.0. The predicted molar refractivity (Wildman–Crippen MR) is 90.7 cm³/mol. The fourth-order valence-corrected chi connectivity index (χ4v) is 3.44. The summed E-state index contributed by atoms with van der Waals surface area (Å²) in [6.45, 7) is 10.9. The van der Waals surface area contributed by atoms with Crippen LogP contribution in [0.5, 0.6) is 0 Å². The van der Waals surface area contributed by atoms with E-state index in [0.717, 1.165) is 12.8 Å². The van der Waals surface area contributed by atoms with Gasteiger partial charge in [-0.2, -0.15) is 0 Å². The van der Waals surface area contributed by atoms with Gasteiger partial charge >= 0.3 is 0 Å². The van der Waals surface area contributed by atoms with Crippen molar-refractivity contribution in [2.75, 3.05) is 26.9 Å². The number of unbranched alkanes of at least 4 members (excludes halogenated alkanes) is 1. The van der Waals surface area contributed by atoms with Gasteiger partial charge in [0.05, 0.1) is 25.4 Å². The molecule has 0 aromatic rings. The first-order valence-electron chi connectivity index (χ1n) is 9.19. The summed E-state index contributed by atoms with van der Waals surface area (Å²) in [6, 6.07) is 0. The molecule has 0 bridgehead atoms. The zero-order chi connectivity index (χ0) is 18.7. The van der Waals surface area contributed by atoms with Crippen molar-refractivity contribution < 1.29 is 33.5 Å². The van der Waals surface area contributed by atoms with E-state index in [-0.39, 0.29) is 24.0 Å². The van der Waals surface area contributed by atoms with Crippen LogP contribution in [0.2, 0.25) is 0 Å². The van der Waals surface area contributed by atoms with Crippen molar-refractivity contribution in [3.63, 3.8) is 0 Å². The second kappa shape index (κ2) is 8.61. The first-order chi connectivity index (χ1) is 11.7. The van der Waals surface area contributed by atoms with Gasteiger partial charge in [0, 0.05) is 26.6 Å². The topological polar surface area (TPSA) is 75.6 Å². The Morgan fingerprint density at radius 2 is 1.80 bits per heavy atom. The van der Waals surface area contributed by atoms with Crippen LogP contribution in [0.3, 0.4) is 0 Å². The fraction of sp³-hybridized carbons (Fsp3) is 1.00. The molecule has 25 heavy (non-hydrogen) atoms. The summed E-state index contributed by atoms with van der Waals surface area (Å²) in [7, 11) is 1.64. The lowest BCUT2D eigenvalue weighted by atomic mass is 9.84. The standard InChI is InChI=1S/C18H34O7/c1-7-8-9-21-16(20-6)15(14-11-22-17(3,4)24-14)12(2)13-10-23-18(5,19)25-13/h12-16,19H,7-11H2,1-6H3/t12-,13?,14?,15?,16?,18-/m1/s1. The summed E-state index contributed by atoms with van der Waals surface area (Å²) >= 11 is 0. The van der Waals surface area contributed by atoms with Gasteiger partial charge in [0.15, 0.2) is 12.1 Å². The van der Waals surface area contributed by atoms with E-state index in [2.05, 4.69) is 6.92 Å². The van der Waals surface area contributed by atoms with Crippen molar-refractivity contribution >= 4 is 0 Å². The molecular weight excluding hydrogens is 328 g/mol. The maximum Gasteiger partial charge on any atom is 0.277 e. The lowest BCUT2D eigenvalue weighted by Crippen LogP contribution is -2.46. The minimum atomic E-state index is -1.55. The summed E-state index contributed by atoms with van der Waals surface area (Å²) in [4.78, 5) is 0. The highest BCUT2D eigenvalue weighted by atomic mass is 16.9. The van der Waals surface area contributed by atoms with Gasteiger partial charge in [0.2, 0.25) is 0 Å². The highest BCUT2D eigenvalue weighted by Crippen LogP contribution is 2.38. The molecule has 0 aromatic carbocycles. The monoisotopic (exact) mass is 362 g/mol. The number of methoxy groups -OCH3 is 1. The Balaban J connectivity index is 2.13. The second-order valence-corrected chi connectivity index (χ2v) is 7.50. The summed E-state index contributed by atoms with van der Waals surface area (Å²) in [5.74, 6) is -2.33. The quantitative estimate of drug-likeness (QED) is 0.498. The van der Waals surface area contributed by atoms with Crippen LogP contribution in [-0.4, -0.2) is 62.3 Å². The Morgan fingerprint density at radius 3 is 2.28 bits per heavy atom. The average molecular weight is 362 g/mol. The molecule has 2 aliphatic heterocycles. The van der Waals surface area contributed by atoms with E-state index in [9.17, 15) is 5.11 Å². The van der Waals surface area contributed by atoms with Crippen LogP contribution < -0.4 is 0 Å². The van der Waals surface area contributed by atoms with Crippen LogP contribution in [0.4, 0.5) is 0 Å². The normalized spacial score (nSPS) is 35.6. The van der Waals surface area contributed by atoms with E-state index < -0.39 is 18.1 Å². The highest BCUT2D eigenvalue weighted by molar-refractivity contribution is 4.88. The number of ether oxygens (including phenoxy) is 6. The SMILES string of the molecule is CCCCOC(OC)C(C1COC(C)(C)O1)[C@H](C)C1CO[C@@](C)(O)O1. The minimum Gasteiger partial charge on any atom is -0.355 e. The van der Waals surface area contributed by atoms with Gasteiger partial charge in [0.1, 0.15) is 0 Å². The molecule has 0 amide bonds. The Kier molecular flexibility index (Phi) is 7.24. The molecule has 2 saturated heterocycles. The first-order valence-corrected chi connectivity index (χ1v) is 9.19. The van der Waals surface area contributed by atoms with E-state index in [1.54, 1.807) is 7.11 Å². The maximum absolute atomic E-state index is 9.95. The molecule has 2 rings (SSSR count). The third-order valence-corrected chi connectivity index (χ3v) is 4.87. The molecule has 7 nitrogen and oxygen atoms in total. The summed E-state index contributed by atoms with van der Waals surface area (Å²) < 4.78 is 34.5. The number of rotatable bonds is 9. The van der Waals surface area contributed by atoms with Crippen LogP contribution in [0, 0.1) is 11.8 Å². The molecule has 0 spiro atoms. The van der Waals surface area contributed by atoms with E-state index in [0.29, 0.717) is 19.8 Å². The molecule has 0 aliphatic carbocycles. The van der Waals surface area contributed by atoms with Gasteiger partial charge in [-0.3, -0.25) is 0 Å². The van der Waals surface area contributed by atoms with Gasteiger partial charge in [-0.15, -0.1) is 0 Å². The van der Waals surface area contributed by atoms with Gasteiger partial charge in [-0.05, 0) is 26.2 Å². The second-order valence-electron chi connectivity index (χ2n) is 7.50. The van der Waals surface area contributed by atoms with Crippen LogP contribution >= 0.6 is 0 Å². The molecule has 2 fully saturated rings. The van der Waals surface area contributed by atoms with Crippen LogP contribution in [0.1, 0.15) is 47.5 Å². The van der Waals surface area contributed by atoms with E-state index >= 15 is 0 Å². The Bertz CT molecular complexity index is 412. The number of aliphatic hydroxyl groups is 1. The Morgan fingerprint density at radius 1 is 1.12 bits per heavy atom. The lowest BCUT2D eigenvalue weighted by Gasteiger charge is -2.36. The largest absolute Gasteiger partial charge is 0.355 e. The van der Waals surface area contributed by atoms with Crippen molar-refractivity contribution in [1.82, 2.24) is 0 Å². The third kappa shape index (κ3) is 5.60. The van der Waals surface area contributed by atoms with Crippen molar-refractivity contribution in [3.05, 3.63) is 0 Å². The Labute approximate surface area is 150 Å². The van der Waals surface area contributed by atoms with Crippen molar-refractivity contribution in [3.8, 4) is 0 Å². The molecule has 2 aliphatic rings.